The standard InChI is InChI=1S/C14H26N2O/c1-16(14(17)12-6-2-3-7-12)11-9-13-8-4-5-10-15-13/h12-13,15H,2-11H2,1H3. The first-order chi connectivity index (χ1) is 8.27. The maximum absolute atomic E-state index is 12.1. The Morgan fingerprint density at radius 3 is 2.53 bits per heavy atom. The SMILES string of the molecule is CN(CCC1CCCCN1)C(=O)C1CCCC1. The summed E-state index contributed by atoms with van der Waals surface area (Å²) in [5.74, 6) is 0.720. The number of hydrogen-bond acceptors (Lipinski definition) is 2. The summed E-state index contributed by atoms with van der Waals surface area (Å²) in [4.78, 5) is 14.1. The summed E-state index contributed by atoms with van der Waals surface area (Å²) in [5, 5.41) is 3.54. The van der Waals surface area contributed by atoms with Crippen LogP contribution in [0.15, 0.2) is 0 Å². The van der Waals surface area contributed by atoms with Gasteiger partial charge in [0.25, 0.3) is 0 Å². The molecule has 1 amide bonds. The van der Waals surface area contributed by atoms with E-state index in [2.05, 4.69) is 5.32 Å². The number of amides is 1. The lowest BCUT2D eigenvalue weighted by Gasteiger charge is -2.27. The Bertz CT molecular complexity index is 243. The van der Waals surface area contributed by atoms with E-state index in [1.54, 1.807) is 0 Å². The average molecular weight is 238 g/mol. The number of hydrogen-bond donors (Lipinski definition) is 1. The van der Waals surface area contributed by atoms with E-state index < -0.39 is 0 Å². The van der Waals surface area contributed by atoms with Crippen LogP contribution in [0.3, 0.4) is 0 Å². The molecule has 1 unspecified atom stereocenters. The molecule has 2 aliphatic rings. The fourth-order valence-electron chi connectivity index (χ4n) is 3.11. The minimum absolute atomic E-state index is 0.333. The molecule has 98 valence electrons. The van der Waals surface area contributed by atoms with E-state index in [1.165, 1.54) is 32.1 Å². The second kappa shape index (κ2) is 6.39. The molecule has 0 bridgehead atoms. The number of nitrogens with one attached hydrogen (secondary N) is 1. The summed E-state index contributed by atoms with van der Waals surface area (Å²) in [7, 11) is 1.98. The predicted octanol–water partition coefficient (Wildman–Crippen LogP) is 2.17. The zero-order valence-corrected chi connectivity index (χ0v) is 11.1. The van der Waals surface area contributed by atoms with Crippen molar-refractivity contribution in [3.63, 3.8) is 0 Å². The topological polar surface area (TPSA) is 32.3 Å². The van der Waals surface area contributed by atoms with Gasteiger partial charge in [0.1, 0.15) is 0 Å². The molecule has 0 spiro atoms. The summed E-state index contributed by atoms with van der Waals surface area (Å²) in [6.07, 6.45) is 9.78. The van der Waals surface area contributed by atoms with Gasteiger partial charge in [-0.25, -0.2) is 0 Å². The zero-order valence-electron chi connectivity index (χ0n) is 11.1. The van der Waals surface area contributed by atoms with Crippen LogP contribution < -0.4 is 5.32 Å². The highest BCUT2D eigenvalue weighted by atomic mass is 16.2. The van der Waals surface area contributed by atoms with Gasteiger partial charge in [-0.15, -0.1) is 0 Å². The highest BCUT2D eigenvalue weighted by molar-refractivity contribution is 5.78. The van der Waals surface area contributed by atoms with Crippen molar-refractivity contribution in [2.24, 2.45) is 5.92 Å². The molecule has 2 rings (SSSR count). The van der Waals surface area contributed by atoms with Crippen LogP contribution in [0.4, 0.5) is 0 Å². The van der Waals surface area contributed by atoms with Crippen LogP contribution in [0.25, 0.3) is 0 Å². The summed E-state index contributed by atoms with van der Waals surface area (Å²) in [6.45, 7) is 2.08. The van der Waals surface area contributed by atoms with Crippen molar-refractivity contribution >= 4 is 5.91 Å². The number of nitrogens with zero attached hydrogens (tertiary/aromatic N) is 1. The Kier molecular flexibility index (Phi) is 4.84. The Labute approximate surface area is 105 Å². The second-order valence-corrected chi connectivity index (χ2v) is 5.68. The van der Waals surface area contributed by atoms with Gasteiger partial charge in [-0.2, -0.15) is 0 Å². The van der Waals surface area contributed by atoms with E-state index in [0.717, 1.165) is 32.4 Å². The number of carbonyl (C=O) groups is 1. The van der Waals surface area contributed by atoms with E-state index in [0.29, 0.717) is 17.9 Å². The van der Waals surface area contributed by atoms with E-state index in [-0.39, 0.29) is 0 Å². The largest absolute Gasteiger partial charge is 0.345 e. The van der Waals surface area contributed by atoms with Crippen molar-refractivity contribution in [3.05, 3.63) is 0 Å². The minimum atomic E-state index is 0.333. The molecule has 2 fully saturated rings. The molecule has 0 aromatic carbocycles. The molecule has 1 saturated carbocycles. The fourth-order valence-corrected chi connectivity index (χ4v) is 3.11. The Hall–Kier alpha value is -0.570. The van der Waals surface area contributed by atoms with Crippen LogP contribution in [0.2, 0.25) is 0 Å². The van der Waals surface area contributed by atoms with Crippen LogP contribution in [0.1, 0.15) is 51.4 Å². The monoisotopic (exact) mass is 238 g/mol. The van der Waals surface area contributed by atoms with Gasteiger partial charge in [0.05, 0.1) is 0 Å². The van der Waals surface area contributed by atoms with Crippen molar-refractivity contribution in [2.45, 2.75) is 57.4 Å². The molecular weight excluding hydrogens is 212 g/mol. The predicted molar refractivity (Wildman–Crippen MR) is 69.9 cm³/mol. The van der Waals surface area contributed by atoms with E-state index in [4.69, 9.17) is 0 Å². The lowest BCUT2D eigenvalue weighted by molar-refractivity contribution is -0.134. The van der Waals surface area contributed by atoms with Crippen LogP contribution in [-0.2, 0) is 4.79 Å². The molecule has 1 aliphatic heterocycles. The smallest absolute Gasteiger partial charge is 0.225 e. The highest BCUT2D eigenvalue weighted by Crippen LogP contribution is 2.26. The van der Waals surface area contributed by atoms with Crippen molar-refractivity contribution in [3.8, 4) is 0 Å². The van der Waals surface area contributed by atoms with Gasteiger partial charge in [-0.05, 0) is 38.6 Å². The third-order valence-electron chi connectivity index (χ3n) is 4.31. The van der Waals surface area contributed by atoms with E-state index in [1.807, 2.05) is 11.9 Å². The molecule has 0 radical (unpaired) electrons. The first-order valence-electron chi connectivity index (χ1n) is 7.26. The number of carbonyl (C=O) groups excluding carboxylic acids is 1. The Balaban J connectivity index is 1.68. The van der Waals surface area contributed by atoms with Crippen molar-refractivity contribution in [1.82, 2.24) is 10.2 Å². The zero-order chi connectivity index (χ0) is 12.1. The molecular formula is C14H26N2O. The van der Waals surface area contributed by atoms with Gasteiger partial charge < -0.3 is 10.2 Å². The van der Waals surface area contributed by atoms with Crippen LogP contribution >= 0.6 is 0 Å². The highest BCUT2D eigenvalue weighted by Gasteiger charge is 2.25. The molecule has 1 heterocycles. The van der Waals surface area contributed by atoms with Gasteiger partial charge in [0, 0.05) is 25.6 Å². The molecule has 0 aromatic heterocycles. The maximum atomic E-state index is 12.1. The lowest BCUT2D eigenvalue weighted by Crippen LogP contribution is -2.39. The third kappa shape index (κ3) is 3.70. The van der Waals surface area contributed by atoms with E-state index >= 15 is 0 Å². The normalized spacial score (nSPS) is 26.1. The summed E-state index contributed by atoms with van der Waals surface area (Å²) in [5.41, 5.74) is 0. The number of piperidine rings is 1. The molecule has 17 heavy (non-hydrogen) atoms. The van der Waals surface area contributed by atoms with Crippen molar-refractivity contribution in [1.29, 1.82) is 0 Å². The Morgan fingerprint density at radius 1 is 1.18 bits per heavy atom. The minimum Gasteiger partial charge on any atom is -0.345 e. The molecule has 0 aromatic rings. The summed E-state index contributed by atoms with van der Waals surface area (Å²) >= 11 is 0. The van der Waals surface area contributed by atoms with Crippen molar-refractivity contribution < 1.29 is 4.79 Å². The van der Waals surface area contributed by atoms with Crippen LogP contribution in [0, 0.1) is 5.92 Å². The van der Waals surface area contributed by atoms with Gasteiger partial charge in [0.15, 0.2) is 0 Å². The first-order valence-corrected chi connectivity index (χ1v) is 7.26. The maximum Gasteiger partial charge on any atom is 0.225 e. The number of rotatable bonds is 4. The van der Waals surface area contributed by atoms with Crippen LogP contribution in [0.5, 0.6) is 0 Å². The van der Waals surface area contributed by atoms with Gasteiger partial charge in [-0.3, -0.25) is 4.79 Å². The molecule has 1 N–H and O–H groups in total. The van der Waals surface area contributed by atoms with Crippen molar-refractivity contribution in [2.75, 3.05) is 20.1 Å². The lowest BCUT2D eigenvalue weighted by atomic mass is 10.0. The second-order valence-electron chi connectivity index (χ2n) is 5.68. The molecule has 1 saturated heterocycles. The van der Waals surface area contributed by atoms with Gasteiger partial charge in [0.2, 0.25) is 5.91 Å². The fraction of sp³-hybridized carbons (Fsp3) is 0.929. The van der Waals surface area contributed by atoms with Gasteiger partial charge in [-0.1, -0.05) is 19.3 Å². The summed E-state index contributed by atoms with van der Waals surface area (Å²) < 4.78 is 0. The van der Waals surface area contributed by atoms with Gasteiger partial charge >= 0.3 is 0 Å². The van der Waals surface area contributed by atoms with E-state index in [9.17, 15) is 4.79 Å². The molecule has 1 aliphatic carbocycles. The first kappa shape index (κ1) is 12.9. The summed E-state index contributed by atoms with van der Waals surface area (Å²) in [6, 6.07) is 0.641. The molecule has 3 heteroatoms. The third-order valence-corrected chi connectivity index (χ3v) is 4.31. The Morgan fingerprint density at radius 2 is 1.88 bits per heavy atom. The molecule has 3 nitrogen and oxygen atoms in total. The quantitative estimate of drug-likeness (QED) is 0.814. The average Bonchev–Trinajstić information content (AvgIpc) is 2.90. The van der Waals surface area contributed by atoms with Crippen LogP contribution in [-0.4, -0.2) is 37.0 Å². The molecule has 1 atom stereocenters.